The molecule has 2 amide bonds. The molecule has 230 valence electrons. The van der Waals surface area contributed by atoms with E-state index in [9.17, 15) is 32.3 Å². The summed E-state index contributed by atoms with van der Waals surface area (Å²) in [5.41, 5.74) is 2.69. The average molecular weight is 621 g/mol. The molecule has 8 nitrogen and oxygen atoms in total. The van der Waals surface area contributed by atoms with Crippen LogP contribution in [0.25, 0.3) is 6.08 Å². The third-order valence-corrected chi connectivity index (χ3v) is 8.92. The van der Waals surface area contributed by atoms with E-state index < -0.39 is 23.5 Å². The predicted molar refractivity (Wildman–Crippen MR) is 155 cm³/mol. The van der Waals surface area contributed by atoms with E-state index in [1.165, 1.54) is 18.0 Å². The fourth-order valence-electron chi connectivity index (χ4n) is 5.60. The van der Waals surface area contributed by atoms with Gasteiger partial charge in [0.2, 0.25) is 0 Å². The first kappa shape index (κ1) is 31.0. The molecule has 0 atom stereocenters. The molecule has 43 heavy (non-hydrogen) atoms. The quantitative estimate of drug-likeness (QED) is 0.350. The van der Waals surface area contributed by atoms with Gasteiger partial charge in [0.05, 0.1) is 6.10 Å². The smallest absolute Gasteiger partial charge is 0.403 e. The Morgan fingerprint density at radius 3 is 2.40 bits per heavy atom. The van der Waals surface area contributed by atoms with Crippen LogP contribution in [-0.4, -0.2) is 76.1 Å². The number of halogens is 4. The molecule has 0 radical (unpaired) electrons. The average Bonchev–Trinajstić information content (AvgIpc) is 3.26. The van der Waals surface area contributed by atoms with E-state index in [4.69, 9.17) is 0 Å². The fourth-order valence-corrected chi connectivity index (χ4v) is 6.37. The molecule has 2 N–H and O–H groups in total. The lowest BCUT2D eigenvalue weighted by Crippen LogP contribution is -2.47. The number of hydrogen-bond acceptors (Lipinski definition) is 7. The molecule has 0 aromatic heterocycles. The van der Waals surface area contributed by atoms with Crippen LogP contribution in [0.2, 0.25) is 0 Å². The summed E-state index contributed by atoms with van der Waals surface area (Å²) in [4.78, 5) is 32.2. The number of likely N-dealkylation sites (tertiary alicyclic amines) is 1. The van der Waals surface area contributed by atoms with Crippen molar-refractivity contribution in [2.24, 2.45) is 4.99 Å². The van der Waals surface area contributed by atoms with Crippen molar-refractivity contribution < 1.29 is 37.0 Å². The molecule has 1 spiro atoms. The molecule has 5 rings (SSSR count). The largest absolute Gasteiger partial charge is 0.573 e. The van der Waals surface area contributed by atoms with E-state index in [1.54, 1.807) is 4.90 Å². The summed E-state index contributed by atoms with van der Waals surface area (Å²) in [6.45, 7) is 6.11. The van der Waals surface area contributed by atoms with Gasteiger partial charge in [-0.3, -0.25) is 14.6 Å². The first-order valence-corrected chi connectivity index (χ1v) is 14.8. The Hall–Kier alpha value is -3.42. The number of aliphatic hydroxyl groups excluding tert-OH is 1. The number of carbonyl (C=O) groups excluding carboxylic acids is 2. The summed E-state index contributed by atoms with van der Waals surface area (Å²) in [5, 5.41) is 14.3. The zero-order valence-electron chi connectivity index (χ0n) is 23.7. The predicted octanol–water partition coefficient (Wildman–Crippen LogP) is 4.97. The third kappa shape index (κ3) is 7.05. The number of amides is 2. The van der Waals surface area contributed by atoms with Crippen LogP contribution >= 0.6 is 11.9 Å². The van der Waals surface area contributed by atoms with Gasteiger partial charge in [-0.1, -0.05) is 11.9 Å². The number of hydrogen-bond donors (Lipinski definition) is 2. The van der Waals surface area contributed by atoms with Gasteiger partial charge >= 0.3 is 6.36 Å². The highest BCUT2D eigenvalue weighted by molar-refractivity contribution is 8.00. The van der Waals surface area contributed by atoms with Crippen LogP contribution < -0.4 is 10.1 Å². The second kappa shape index (κ2) is 12.3. The highest BCUT2D eigenvalue weighted by Crippen LogP contribution is 2.35. The number of rotatable bonds is 6. The molecule has 2 saturated heterocycles. The van der Waals surface area contributed by atoms with Crippen LogP contribution in [0.5, 0.6) is 5.75 Å². The van der Waals surface area contributed by atoms with Crippen LogP contribution in [0.1, 0.15) is 58.3 Å². The highest BCUT2D eigenvalue weighted by atomic mass is 32.2. The normalized spacial score (nSPS) is 19.7. The van der Waals surface area contributed by atoms with Gasteiger partial charge in [-0.25, -0.2) is 8.70 Å². The molecular weight excluding hydrogens is 588 g/mol. The lowest BCUT2D eigenvalue weighted by Gasteiger charge is -2.34. The number of alkyl halides is 3. The second-order valence-electron chi connectivity index (χ2n) is 11.0. The number of ether oxygens (including phenoxy) is 1. The van der Waals surface area contributed by atoms with Gasteiger partial charge in [-0.15, -0.1) is 13.2 Å². The number of carbonyl (C=O) groups is 2. The maximum atomic E-state index is 13.9. The number of amidine groups is 1. The Morgan fingerprint density at radius 2 is 1.77 bits per heavy atom. The molecule has 3 heterocycles. The summed E-state index contributed by atoms with van der Waals surface area (Å²) in [7, 11) is 0. The SMILES string of the molecule is Cc1cc(C(=O)N2CCC(O)CC2)cc(C)c1/C=C/SN1CCC2(CC1)N=C(c1ccc(F)c(OC(F)(F)F)c1)NC2=O. The lowest BCUT2D eigenvalue weighted by molar-refractivity contribution is -0.275. The maximum absolute atomic E-state index is 13.9. The van der Waals surface area contributed by atoms with Crippen molar-refractivity contribution in [1.29, 1.82) is 0 Å². The minimum atomic E-state index is -5.06. The van der Waals surface area contributed by atoms with Crippen molar-refractivity contribution in [3.8, 4) is 5.75 Å². The van der Waals surface area contributed by atoms with E-state index in [0.717, 1.165) is 28.8 Å². The Morgan fingerprint density at radius 1 is 1.12 bits per heavy atom. The summed E-state index contributed by atoms with van der Waals surface area (Å²) in [6, 6.07) is 6.75. The third-order valence-electron chi connectivity index (χ3n) is 8.00. The zero-order valence-corrected chi connectivity index (χ0v) is 24.5. The first-order valence-electron chi connectivity index (χ1n) is 14.0. The molecule has 2 aromatic rings. The number of aryl methyl sites for hydroxylation is 2. The van der Waals surface area contributed by atoms with E-state index in [-0.39, 0.29) is 29.3 Å². The Kier molecular flexibility index (Phi) is 8.87. The monoisotopic (exact) mass is 620 g/mol. The minimum Gasteiger partial charge on any atom is -0.403 e. The molecule has 2 aromatic carbocycles. The topological polar surface area (TPSA) is 94.5 Å². The highest BCUT2D eigenvalue weighted by Gasteiger charge is 2.46. The van der Waals surface area contributed by atoms with Gasteiger partial charge in [-0.05, 0) is 98.0 Å². The molecule has 2 fully saturated rings. The molecule has 0 aliphatic carbocycles. The van der Waals surface area contributed by atoms with Gasteiger partial charge in [0.1, 0.15) is 11.4 Å². The maximum Gasteiger partial charge on any atom is 0.573 e. The van der Waals surface area contributed by atoms with Gasteiger partial charge in [0.25, 0.3) is 11.8 Å². The lowest BCUT2D eigenvalue weighted by atomic mass is 9.89. The van der Waals surface area contributed by atoms with Crippen molar-refractivity contribution in [2.75, 3.05) is 26.2 Å². The summed E-state index contributed by atoms with van der Waals surface area (Å²) < 4.78 is 57.6. The summed E-state index contributed by atoms with van der Waals surface area (Å²) in [5.74, 6) is -2.44. The second-order valence-corrected chi connectivity index (χ2v) is 12.0. The number of piperidine rings is 2. The van der Waals surface area contributed by atoms with Crippen LogP contribution in [0.4, 0.5) is 17.6 Å². The van der Waals surface area contributed by atoms with E-state index in [2.05, 4.69) is 19.4 Å². The van der Waals surface area contributed by atoms with Gasteiger partial charge in [-0.2, -0.15) is 0 Å². The van der Waals surface area contributed by atoms with Gasteiger partial charge in [0, 0.05) is 37.3 Å². The van der Waals surface area contributed by atoms with Crippen LogP contribution in [0.15, 0.2) is 40.7 Å². The Labute approximate surface area is 250 Å². The number of aliphatic hydroxyl groups is 1. The molecule has 3 aliphatic rings. The van der Waals surface area contributed by atoms with Crippen molar-refractivity contribution in [3.63, 3.8) is 0 Å². The summed E-state index contributed by atoms with van der Waals surface area (Å²) >= 11 is 1.50. The molecule has 13 heteroatoms. The van der Waals surface area contributed by atoms with Gasteiger partial charge in [0.15, 0.2) is 11.6 Å². The van der Waals surface area contributed by atoms with Crippen molar-refractivity contribution in [3.05, 3.63) is 69.4 Å². The van der Waals surface area contributed by atoms with Crippen molar-refractivity contribution in [1.82, 2.24) is 14.5 Å². The Bertz CT molecular complexity index is 1440. The van der Waals surface area contributed by atoms with E-state index >= 15 is 0 Å². The number of nitrogens with zero attached hydrogens (tertiary/aromatic N) is 3. The van der Waals surface area contributed by atoms with Crippen molar-refractivity contribution in [2.45, 2.75) is 57.5 Å². The molecule has 0 bridgehead atoms. The van der Waals surface area contributed by atoms with E-state index in [1.807, 2.05) is 37.5 Å². The first-order chi connectivity index (χ1) is 20.3. The van der Waals surface area contributed by atoms with Crippen LogP contribution in [-0.2, 0) is 4.79 Å². The summed E-state index contributed by atoms with van der Waals surface area (Å²) in [6.07, 6.45) is -1.42. The van der Waals surface area contributed by atoms with Gasteiger partial charge < -0.3 is 20.1 Å². The van der Waals surface area contributed by atoms with Crippen LogP contribution in [0, 0.1) is 19.7 Å². The number of nitrogens with one attached hydrogen (secondary N) is 1. The molecular formula is C30H32F4N4O4S. The Balaban J connectivity index is 1.19. The standard InChI is InChI=1S/C30H32F4N4O4S/c1-18-15-21(27(40)37-10-5-22(39)6-11-37)16-19(2)23(18)7-14-43-38-12-8-29(9-13-38)28(41)35-26(36-29)20-3-4-24(31)25(17-20)42-30(32,33)34/h3-4,7,14-17,22,39H,5-6,8-13H2,1-2H3,(H,35,36,41)/b14-7+. The number of aliphatic imine (C=N–C) groups is 1. The fraction of sp³-hybridized carbons (Fsp3) is 0.433. The molecule has 3 aliphatic heterocycles. The molecule has 0 saturated carbocycles. The van der Waals surface area contributed by atoms with E-state index in [0.29, 0.717) is 57.4 Å². The zero-order chi connectivity index (χ0) is 30.9. The van der Waals surface area contributed by atoms with Crippen LogP contribution in [0.3, 0.4) is 0 Å². The van der Waals surface area contributed by atoms with Crippen molar-refractivity contribution >= 4 is 35.7 Å². The number of benzene rings is 2. The molecule has 0 unspecified atom stereocenters. The minimum absolute atomic E-state index is 0.0264.